The molecule has 30 heavy (non-hydrogen) atoms. The summed E-state index contributed by atoms with van der Waals surface area (Å²) in [5.74, 6) is -2.10. The average Bonchev–Trinajstić information content (AvgIpc) is 3.43. The summed E-state index contributed by atoms with van der Waals surface area (Å²) in [6.45, 7) is 1.68. The Morgan fingerprint density at radius 2 is 1.87 bits per heavy atom. The maximum absolute atomic E-state index is 13.3. The summed E-state index contributed by atoms with van der Waals surface area (Å²) in [7, 11) is 0. The zero-order valence-electron chi connectivity index (χ0n) is 15.9. The fourth-order valence-electron chi connectivity index (χ4n) is 3.22. The molecule has 0 bridgehead atoms. The molecule has 4 rings (SSSR count). The number of fused-ring (bicyclic) bond motifs is 1. The number of aryl methyl sites for hydroxylation is 1. The number of hydrogen-bond acceptors (Lipinski definition) is 4. The SMILES string of the molecule is Cc1cc(C(=O)Nc2ccccc2)nc2c(C(=O)NC(C3CC3)C(F)(F)F)ncn12. The van der Waals surface area contributed by atoms with Crippen LogP contribution in [-0.2, 0) is 0 Å². The number of aromatic nitrogens is 3. The summed E-state index contributed by atoms with van der Waals surface area (Å²) in [5, 5.41) is 4.73. The van der Waals surface area contributed by atoms with Gasteiger partial charge in [-0.05, 0) is 43.9 Å². The van der Waals surface area contributed by atoms with Crippen molar-refractivity contribution in [1.29, 1.82) is 0 Å². The molecule has 1 aromatic carbocycles. The molecule has 1 atom stereocenters. The molecule has 0 aliphatic heterocycles. The molecule has 2 N–H and O–H groups in total. The maximum atomic E-state index is 13.3. The van der Waals surface area contributed by atoms with Crippen LogP contribution in [0.3, 0.4) is 0 Å². The van der Waals surface area contributed by atoms with Gasteiger partial charge in [-0.3, -0.25) is 14.0 Å². The van der Waals surface area contributed by atoms with Crippen LogP contribution in [0.15, 0.2) is 42.7 Å². The number of amides is 2. The predicted molar refractivity (Wildman–Crippen MR) is 102 cm³/mol. The molecule has 7 nitrogen and oxygen atoms in total. The van der Waals surface area contributed by atoms with Crippen LogP contribution in [0.1, 0.15) is 39.5 Å². The summed E-state index contributed by atoms with van der Waals surface area (Å²) < 4.78 is 41.2. The van der Waals surface area contributed by atoms with Gasteiger partial charge in [-0.15, -0.1) is 0 Å². The second-order valence-electron chi connectivity index (χ2n) is 7.22. The van der Waals surface area contributed by atoms with Crippen LogP contribution in [0.2, 0.25) is 0 Å². The number of rotatable bonds is 5. The van der Waals surface area contributed by atoms with E-state index in [4.69, 9.17) is 0 Å². The van der Waals surface area contributed by atoms with Crippen molar-refractivity contribution in [3.8, 4) is 0 Å². The molecule has 0 radical (unpaired) electrons. The molecule has 0 spiro atoms. The molecule has 1 aliphatic rings. The highest BCUT2D eigenvalue weighted by atomic mass is 19.4. The molecule has 1 saturated carbocycles. The number of halogens is 3. The van der Waals surface area contributed by atoms with Crippen molar-refractivity contribution in [2.24, 2.45) is 5.92 Å². The van der Waals surface area contributed by atoms with E-state index < -0.39 is 30.0 Å². The Balaban J connectivity index is 1.63. The average molecular weight is 417 g/mol. The number of anilines is 1. The number of carbonyl (C=O) groups is 2. The summed E-state index contributed by atoms with van der Waals surface area (Å²) >= 11 is 0. The number of imidazole rings is 1. The highest BCUT2D eigenvalue weighted by Gasteiger charge is 2.50. The molecule has 2 heterocycles. The first-order valence-corrected chi connectivity index (χ1v) is 9.32. The first-order valence-electron chi connectivity index (χ1n) is 9.32. The third-order valence-electron chi connectivity index (χ3n) is 4.91. The lowest BCUT2D eigenvalue weighted by atomic mass is 10.1. The van der Waals surface area contributed by atoms with Gasteiger partial charge in [-0.25, -0.2) is 9.97 Å². The van der Waals surface area contributed by atoms with Crippen LogP contribution in [0.5, 0.6) is 0 Å². The topological polar surface area (TPSA) is 88.4 Å². The van der Waals surface area contributed by atoms with Crippen LogP contribution in [0.4, 0.5) is 18.9 Å². The Bertz CT molecular complexity index is 1110. The van der Waals surface area contributed by atoms with Crippen LogP contribution in [0.25, 0.3) is 5.65 Å². The minimum atomic E-state index is -4.55. The van der Waals surface area contributed by atoms with E-state index >= 15 is 0 Å². The minimum Gasteiger partial charge on any atom is -0.339 e. The van der Waals surface area contributed by atoms with Crippen LogP contribution in [0, 0.1) is 12.8 Å². The normalized spacial score (nSPS) is 15.1. The molecule has 1 unspecified atom stereocenters. The smallest absolute Gasteiger partial charge is 0.339 e. The zero-order valence-corrected chi connectivity index (χ0v) is 15.9. The Hall–Kier alpha value is -3.43. The number of nitrogens with zero attached hydrogens (tertiary/aromatic N) is 3. The molecule has 156 valence electrons. The van der Waals surface area contributed by atoms with Gasteiger partial charge in [0.15, 0.2) is 11.3 Å². The molecule has 1 aliphatic carbocycles. The van der Waals surface area contributed by atoms with Crippen LogP contribution in [-0.4, -0.2) is 38.4 Å². The van der Waals surface area contributed by atoms with Crippen LogP contribution >= 0.6 is 0 Å². The van der Waals surface area contributed by atoms with Gasteiger partial charge >= 0.3 is 6.18 Å². The van der Waals surface area contributed by atoms with Gasteiger partial charge in [0, 0.05) is 11.4 Å². The van der Waals surface area contributed by atoms with Crippen molar-refractivity contribution in [1.82, 2.24) is 19.7 Å². The zero-order chi connectivity index (χ0) is 21.5. The molecule has 10 heteroatoms. The van der Waals surface area contributed by atoms with Crippen LogP contribution < -0.4 is 10.6 Å². The largest absolute Gasteiger partial charge is 0.408 e. The first-order chi connectivity index (χ1) is 14.2. The summed E-state index contributed by atoms with van der Waals surface area (Å²) in [5.41, 5.74) is 0.892. The maximum Gasteiger partial charge on any atom is 0.408 e. The lowest BCUT2D eigenvalue weighted by Gasteiger charge is -2.20. The lowest BCUT2D eigenvalue weighted by Crippen LogP contribution is -2.47. The first kappa shape index (κ1) is 19.9. The number of carbonyl (C=O) groups excluding carboxylic acids is 2. The number of nitrogens with one attached hydrogen (secondary N) is 2. The highest BCUT2D eigenvalue weighted by Crippen LogP contribution is 2.40. The van der Waals surface area contributed by atoms with E-state index in [2.05, 4.69) is 15.3 Å². The van der Waals surface area contributed by atoms with Gasteiger partial charge in [0.2, 0.25) is 0 Å². The van der Waals surface area contributed by atoms with E-state index in [9.17, 15) is 22.8 Å². The Morgan fingerprint density at radius 3 is 2.50 bits per heavy atom. The molecular formula is C20H18F3N5O2. The fraction of sp³-hybridized carbons (Fsp3) is 0.300. The molecule has 3 aromatic rings. The van der Waals surface area contributed by atoms with E-state index in [1.807, 2.05) is 5.32 Å². The van der Waals surface area contributed by atoms with E-state index in [0.29, 0.717) is 24.2 Å². The number of hydrogen-bond donors (Lipinski definition) is 2. The summed E-state index contributed by atoms with van der Waals surface area (Å²) in [6, 6.07) is 8.31. The van der Waals surface area contributed by atoms with Gasteiger partial charge in [0.1, 0.15) is 18.1 Å². The van der Waals surface area contributed by atoms with E-state index in [1.165, 1.54) is 16.8 Å². The quantitative estimate of drug-likeness (QED) is 0.666. The van der Waals surface area contributed by atoms with E-state index in [1.54, 1.807) is 37.3 Å². The monoisotopic (exact) mass is 417 g/mol. The molecular weight excluding hydrogens is 399 g/mol. The van der Waals surface area contributed by atoms with E-state index in [-0.39, 0.29) is 17.0 Å². The predicted octanol–water partition coefficient (Wildman–Crippen LogP) is 3.36. The van der Waals surface area contributed by atoms with E-state index in [0.717, 1.165) is 0 Å². The van der Waals surface area contributed by atoms with Gasteiger partial charge in [0.25, 0.3) is 11.8 Å². The van der Waals surface area contributed by atoms with Crippen molar-refractivity contribution >= 4 is 23.1 Å². The number of para-hydroxylation sites is 1. The Labute approximate surface area is 169 Å². The van der Waals surface area contributed by atoms with Gasteiger partial charge in [-0.2, -0.15) is 13.2 Å². The van der Waals surface area contributed by atoms with Gasteiger partial charge in [-0.1, -0.05) is 18.2 Å². The second-order valence-corrected chi connectivity index (χ2v) is 7.22. The summed E-state index contributed by atoms with van der Waals surface area (Å²) in [4.78, 5) is 33.3. The van der Waals surface area contributed by atoms with Crippen molar-refractivity contribution in [3.05, 3.63) is 59.8 Å². The Kier molecular flexibility index (Phi) is 4.92. The minimum absolute atomic E-state index is 0.0161. The number of alkyl halides is 3. The number of benzene rings is 1. The molecule has 2 aromatic heterocycles. The third kappa shape index (κ3) is 3.98. The van der Waals surface area contributed by atoms with Crippen molar-refractivity contribution < 1.29 is 22.8 Å². The Morgan fingerprint density at radius 1 is 1.17 bits per heavy atom. The molecule has 1 fully saturated rings. The standard InChI is InChI=1S/C20H18F3N5O2/c1-11-9-14(18(29)25-13-5-3-2-4-6-13)26-17-15(24-10-28(11)17)19(30)27-16(12-7-8-12)20(21,22)23/h2-6,9-10,12,16H,7-8H2,1H3,(H,25,29)(H,27,30). The van der Waals surface area contributed by atoms with Gasteiger partial charge < -0.3 is 10.6 Å². The van der Waals surface area contributed by atoms with Crippen molar-refractivity contribution in [2.45, 2.75) is 32.0 Å². The lowest BCUT2D eigenvalue weighted by molar-refractivity contribution is -0.158. The third-order valence-corrected chi connectivity index (χ3v) is 4.91. The second kappa shape index (κ2) is 7.43. The summed E-state index contributed by atoms with van der Waals surface area (Å²) in [6.07, 6.45) is -2.42. The molecule has 0 saturated heterocycles. The van der Waals surface area contributed by atoms with Gasteiger partial charge in [0.05, 0.1) is 0 Å². The van der Waals surface area contributed by atoms with Crippen molar-refractivity contribution in [3.63, 3.8) is 0 Å². The fourth-order valence-corrected chi connectivity index (χ4v) is 3.22. The molecule has 2 amide bonds. The van der Waals surface area contributed by atoms with Crippen molar-refractivity contribution in [2.75, 3.05) is 5.32 Å². The highest BCUT2D eigenvalue weighted by molar-refractivity contribution is 6.04.